The molecular formula is C25H19BrO7. The van der Waals surface area contributed by atoms with Crippen LogP contribution in [0.4, 0.5) is 0 Å². The molecule has 0 radical (unpaired) electrons. The van der Waals surface area contributed by atoms with Crippen LogP contribution in [0.5, 0.6) is 28.7 Å². The highest BCUT2D eigenvalue weighted by molar-refractivity contribution is 9.10. The maximum absolute atomic E-state index is 12.9. The van der Waals surface area contributed by atoms with Gasteiger partial charge in [-0.2, -0.15) is 0 Å². The van der Waals surface area contributed by atoms with Gasteiger partial charge in [0.1, 0.15) is 17.2 Å². The first kappa shape index (κ1) is 22.4. The number of halogens is 1. The van der Waals surface area contributed by atoms with Crippen molar-refractivity contribution < 1.29 is 33.3 Å². The lowest BCUT2D eigenvalue weighted by molar-refractivity contribution is 0.0733. The zero-order valence-electron chi connectivity index (χ0n) is 18.0. The summed E-state index contributed by atoms with van der Waals surface area (Å²) in [5.74, 6) is 1.28. The van der Waals surface area contributed by atoms with Crippen molar-refractivity contribution in [3.05, 3.63) is 81.5 Å². The van der Waals surface area contributed by atoms with Crippen molar-refractivity contribution in [3.8, 4) is 28.7 Å². The predicted molar refractivity (Wildman–Crippen MR) is 125 cm³/mol. The van der Waals surface area contributed by atoms with E-state index in [0.717, 1.165) is 0 Å². The Labute approximate surface area is 198 Å². The first-order valence-electron chi connectivity index (χ1n) is 9.80. The Bertz CT molecular complexity index is 1280. The average molecular weight is 511 g/mol. The molecule has 0 N–H and O–H groups in total. The van der Waals surface area contributed by atoms with Gasteiger partial charge in [-0.1, -0.05) is 12.1 Å². The highest BCUT2D eigenvalue weighted by Crippen LogP contribution is 2.39. The van der Waals surface area contributed by atoms with Gasteiger partial charge >= 0.3 is 5.97 Å². The van der Waals surface area contributed by atoms with Crippen molar-refractivity contribution in [3.63, 3.8) is 0 Å². The Hall–Kier alpha value is -3.78. The number of hydrogen-bond donors (Lipinski definition) is 0. The molecular weight excluding hydrogens is 492 g/mol. The van der Waals surface area contributed by atoms with Crippen molar-refractivity contribution in [2.24, 2.45) is 0 Å². The number of fused-ring (bicyclic) bond motifs is 1. The van der Waals surface area contributed by atoms with Gasteiger partial charge in [0.05, 0.1) is 32.5 Å². The second-order valence-corrected chi connectivity index (χ2v) is 7.77. The van der Waals surface area contributed by atoms with Gasteiger partial charge in [-0.3, -0.25) is 4.79 Å². The normalized spacial score (nSPS) is 13.3. The van der Waals surface area contributed by atoms with Crippen LogP contribution in [-0.4, -0.2) is 33.1 Å². The molecule has 0 atom stereocenters. The number of ketones is 1. The number of allylic oxidation sites excluding steroid dienone is 1. The van der Waals surface area contributed by atoms with E-state index >= 15 is 0 Å². The molecule has 0 spiro atoms. The molecule has 33 heavy (non-hydrogen) atoms. The number of Topliss-reactive ketones (excluding diaryl/α,β-unsaturated/α-hetero) is 1. The van der Waals surface area contributed by atoms with Crippen LogP contribution in [0.15, 0.2) is 64.8 Å². The Kier molecular flexibility index (Phi) is 6.37. The van der Waals surface area contributed by atoms with Crippen LogP contribution in [0, 0.1) is 0 Å². The molecule has 7 nitrogen and oxygen atoms in total. The molecule has 3 aromatic rings. The smallest absolute Gasteiger partial charge is 0.344 e. The maximum atomic E-state index is 12.9. The van der Waals surface area contributed by atoms with E-state index in [1.165, 1.54) is 27.4 Å². The SMILES string of the molecule is COc1cc(OC)c(OC)cc1C=C1Oc2cc(OC(=O)c3ccccc3Br)ccc2C1=O. The molecule has 168 valence electrons. The van der Waals surface area contributed by atoms with Gasteiger partial charge in [0.25, 0.3) is 0 Å². The minimum Gasteiger partial charge on any atom is -0.496 e. The fourth-order valence-electron chi connectivity index (χ4n) is 3.33. The van der Waals surface area contributed by atoms with Gasteiger partial charge < -0.3 is 23.7 Å². The zero-order valence-corrected chi connectivity index (χ0v) is 19.6. The number of esters is 1. The van der Waals surface area contributed by atoms with Crippen LogP contribution in [0.1, 0.15) is 26.3 Å². The number of hydrogen-bond acceptors (Lipinski definition) is 7. The van der Waals surface area contributed by atoms with Crippen LogP contribution < -0.4 is 23.7 Å². The van der Waals surface area contributed by atoms with E-state index < -0.39 is 5.97 Å². The third kappa shape index (κ3) is 4.42. The monoisotopic (exact) mass is 510 g/mol. The third-order valence-corrected chi connectivity index (χ3v) is 5.66. The van der Waals surface area contributed by atoms with Crippen molar-refractivity contribution in [2.75, 3.05) is 21.3 Å². The van der Waals surface area contributed by atoms with Gasteiger partial charge in [0, 0.05) is 22.2 Å². The summed E-state index contributed by atoms with van der Waals surface area (Å²) < 4.78 is 27.9. The molecule has 0 aliphatic carbocycles. The molecule has 0 bridgehead atoms. The summed E-state index contributed by atoms with van der Waals surface area (Å²) >= 11 is 3.33. The zero-order chi connectivity index (χ0) is 23.5. The van der Waals surface area contributed by atoms with E-state index in [-0.39, 0.29) is 17.3 Å². The summed E-state index contributed by atoms with van der Waals surface area (Å²) in [7, 11) is 4.56. The van der Waals surface area contributed by atoms with Gasteiger partial charge in [0.15, 0.2) is 17.3 Å². The quantitative estimate of drug-likeness (QED) is 0.252. The summed E-state index contributed by atoms with van der Waals surface area (Å²) in [5.41, 5.74) is 1.32. The Morgan fingerprint density at radius 2 is 1.61 bits per heavy atom. The van der Waals surface area contributed by atoms with Crippen LogP contribution in [-0.2, 0) is 0 Å². The fraction of sp³-hybridized carbons (Fsp3) is 0.120. The second-order valence-electron chi connectivity index (χ2n) is 6.92. The highest BCUT2D eigenvalue weighted by Gasteiger charge is 2.29. The molecule has 0 saturated carbocycles. The predicted octanol–water partition coefficient (Wildman–Crippen LogP) is 5.31. The van der Waals surface area contributed by atoms with Crippen LogP contribution >= 0.6 is 15.9 Å². The standard InChI is InChI=1S/C25H19BrO7/c1-29-19-13-22(31-3)21(30-2)10-14(19)11-23-24(27)17-9-8-15(12-20(17)33-23)32-25(28)16-6-4-5-7-18(16)26/h4-13H,1-3H3. The molecule has 3 aromatic carbocycles. The first-order valence-corrected chi connectivity index (χ1v) is 10.6. The number of rotatable bonds is 6. The van der Waals surface area contributed by atoms with Gasteiger partial charge in [-0.25, -0.2) is 4.79 Å². The summed E-state index contributed by atoms with van der Waals surface area (Å²) in [6.07, 6.45) is 1.57. The molecule has 0 unspecified atom stereocenters. The van der Waals surface area contributed by atoms with Crippen molar-refractivity contribution in [1.82, 2.24) is 0 Å². The summed E-state index contributed by atoms with van der Waals surface area (Å²) in [6.45, 7) is 0. The first-order chi connectivity index (χ1) is 15.9. The number of methoxy groups -OCH3 is 3. The average Bonchev–Trinajstić information content (AvgIpc) is 3.13. The van der Waals surface area contributed by atoms with Crippen molar-refractivity contribution >= 4 is 33.8 Å². The third-order valence-electron chi connectivity index (χ3n) is 4.97. The van der Waals surface area contributed by atoms with Crippen LogP contribution in [0.25, 0.3) is 6.08 Å². The lowest BCUT2D eigenvalue weighted by atomic mass is 10.1. The van der Waals surface area contributed by atoms with E-state index in [1.807, 2.05) is 0 Å². The van der Waals surface area contributed by atoms with Crippen molar-refractivity contribution in [2.45, 2.75) is 0 Å². The molecule has 1 heterocycles. The lowest BCUT2D eigenvalue weighted by Crippen LogP contribution is -2.09. The van der Waals surface area contributed by atoms with Crippen LogP contribution in [0.2, 0.25) is 0 Å². The molecule has 4 rings (SSSR count). The summed E-state index contributed by atoms with van der Waals surface area (Å²) in [5, 5.41) is 0. The Balaban J connectivity index is 1.61. The van der Waals surface area contributed by atoms with E-state index in [2.05, 4.69) is 15.9 Å². The Morgan fingerprint density at radius 3 is 2.30 bits per heavy atom. The number of benzene rings is 3. The van der Waals surface area contributed by atoms with Crippen molar-refractivity contribution in [1.29, 1.82) is 0 Å². The molecule has 8 heteroatoms. The van der Waals surface area contributed by atoms with E-state index in [0.29, 0.717) is 44.2 Å². The van der Waals surface area contributed by atoms with Gasteiger partial charge in [-0.15, -0.1) is 0 Å². The highest BCUT2D eigenvalue weighted by atomic mass is 79.9. The fourth-order valence-corrected chi connectivity index (χ4v) is 3.77. The molecule has 1 aliphatic rings. The number of carbonyl (C=O) groups is 2. The Morgan fingerprint density at radius 1 is 0.909 bits per heavy atom. The topological polar surface area (TPSA) is 80.3 Å². The minimum absolute atomic E-state index is 0.102. The van der Waals surface area contributed by atoms with Gasteiger partial charge in [-0.05, 0) is 52.3 Å². The van der Waals surface area contributed by atoms with Gasteiger partial charge in [0.2, 0.25) is 5.78 Å². The number of carbonyl (C=O) groups excluding carboxylic acids is 2. The van der Waals surface area contributed by atoms with E-state index in [4.69, 9.17) is 23.7 Å². The van der Waals surface area contributed by atoms with Crippen LogP contribution in [0.3, 0.4) is 0 Å². The second kappa shape index (κ2) is 9.38. The minimum atomic E-state index is -0.530. The summed E-state index contributed by atoms with van der Waals surface area (Å²) in [4.78, 5) is 25.4. The molecule has 0 fully saturated rings. The molecule has 0 amide bonds. The largest absolute Gasteiger partial charge is 0.496 e. The number of ether oxygens (including phenoxy) is 5. The molecule has 0 saturated heterocycles. The van der Waals surface area contributed by atoms with E-state index in [1.54, 1.807) is 54.6 Å². The molecule has 0 aromatic heterocycles. The van der Waals surface area contributed by atoms with E-state index in [9.17, 15) is 9.59 Å². The summed E-state index contributed by atoms with van der Waals surface area (Å²) in [6, 6.07) is 14.9. The molecule has 1 aliphatic heterocycles. The maximum Gasteiger partial charge on any atom is 0.344 e. The lowest BCUT2D eigenvalue weighted by Gasteiger charge is -2.12.